The molecule has 0 atom stereocenters. The van der Waals surface area contributed by atoms with Crippen LogP contribution in [0.15, 0.2) is 56.7 Å². The average molecular weight is 397 g/mol. The number of hydrogen-bond donors (Lipinski definition) is 2. The van der Waals surface area contributed by atoms with Crippen LogP contribution in [0.2, 0.25) is 0 Å². The number of fused-ring (bicyclic) bond motifs is 2. The average Bonchev–Trinajstić information content (AvgIpc) is 2.68. The number of sulfonamides is 1. The van der Waals surface area contributed by atoms with E-state index in [1.165, 1.54) is 16.8 Å². The van der Waals surface area contributed by atoms with Gasteiger partial charge in [-0.15, -0.1) is 4.40 Å². The molecule has 1 aliphatic heterocycles. The summed E-state index contributed by atoms with van der Waals surface area (Å²) >= 11 is 0. The summed E-state index contributed by atoms with van der Waals surface area (Å²) in [7, 11) is -4.01. The van der Waals surface area contributed by atoms with Gasteiger partial charge >= 0.3 is 0 Å². The second-order valence-corrected chi connectivity index (χ2v) is 7.68. The van der Waals surface area contributed by atoms with Crippen molar-refractivity contribution in [3.8, 4) is 0 Å². The van der Waals surface area contributed by atoms with Gasteiger partial charge in [0, 0.05) is 24.5 Å². The Kier molecular flexibility index (Phi) is 4.19. The molecular formula is C18H15N5O4S. The van der Waals surface area contributed by atoms with Crippen LogP contribution in [0.5, 0.6) is 0 Å². The predicted octanol–water partition coefficient (Wildman–Crippen LogP) is 1.13. The molecule has 9 nitrogen and oxygen atoms in total. The van der Waals surface area contributed by atoms with E-state index in [1.807, 2.05) is 0 Å². The van der Waals surface area contributed by atoms with E-state index >= 15 is 0 Å². The Hall–Kier alpha value is -3.53. The Labute approximate surface area is 159 Å². The molecule has 10 heteroatoms. The largest absolute Gasteiger partial charge is 0.397 e. The van der Waals surface area contributed by atoms with Crippen LogP contribution in [0.25, 0.3) is 11.0 Å². The maximum Gasteiger partial charge on any atom is 0.286 e. The highest BCUT2D eigenvalue weighted by Gasteiger charge is 2.29. The van der Waals surface area contributed by atoms with E-state index < -0.39 is 15.6 Å². The molecular weight excluding hydrogens is 382 g/mol. The summed E-state index contributed by atoms with van der Waals surface area (Å²) in [5.74, 6) is -0.160. The number of pyridine rings is 2. The number of carbonyl (C=O) groups is 1. The molecule has 0 fully saturated rings. The van der Waals surface area contributed by atoms with Gasteiger partial charge in [0.1, 0.15) is 22.4 Å². The SMILES string of the molecule is Nc1c(C2=NS(=O)(=O)c3ccccc3N2)c(=O)n(CCC=O)c2ncccc12. The minimum atomic E-state index is -4.01. The highest BCUT2D eigenvalue weighted by Crippen LogP contribution is 2.30. The topological polar surface area (TPSA) is 137 Å². The molecule has 0 unspecified atom stereocenters. The first-order chi connectivity index (χ1) is 13.4. The first kappa shape index (κ1) is 17.9. The fourth-order valence-electron chi connectivity index (χ4n) is 3.14. The molecule has 0 bridgehead atoms. The van der Waals surface area contributed by atoms with Crippen molar-refractivity contribution < 1.29 is 13.2 Å². The summed E-state index contributed by atoms with van der Waals surface area (Å²) in [5.41, 5.74) is 6.25. The van der Waals surface area contributed by atoms with E-state index in [1.54, 1.807) is 30.3 Å². The van der Waals surface area contributed by atoms with E-state index in [4.69, 9.17) is 5.73 Å². The Morgan fingerprint density at radius 2 is 1.96 bits per heavy atom. The number of carbonyl (C=O) groups excluding carboxylic acids is 1. The van der Waals surface area contributed by atoms with Crippen molar-refractivity contribution in [3.63, 3.8) is 0 Å². The van der Waals surface area contributed by atoms with Gasteiger partial charge in [-0.05, 0) is 24.3 Å². The summed E-state index contributed by atoms with van der Waals surface area (Å²) in [6.07, 6.45) is 2.29. The van der Waals surface area contributed by atoms with Crippen molar-refractivity contribution in [2.45, 2.75) is 17.9 Å². The third-order valence-electron chi connectivity index (χ3n) is 4.40. The molecule has 0 amide bonds. The smallest absolute Gasteiger partial charge is 0.286 e. The summed E-state index contributed by atoms with van der Waals surface area (Å²) in [4.78, 5) is 28.2. The number of benzene rings is 1. The van der Waals surface area contributed by atoms with Crippen molar-refractivity contribution in [2.24, 2.45) is 4.40 Å². The number of amidine groups is 1. The first-order valence-electron chi connectivity index (χ1n) is 8.36. The molecule has 1 aromatic carbocycles. The van der Waals surface area contributed by atoms with Crippen LogP contribution in [0.4, 0.5) is 11.4 Å². The first-order valence-corrected chi connectivity index (χ1v) is 9.80. The van der Waals surface area contributed by atoms with Gasteiger partial charge in [0.25, 0.3) is 15.6 Å². The standard InChI is InChI=1S/C18H15N5O4S/c19-15-11-5-3-8-20-17(11)23(9-4-10-24)18(25)14(15)16-21-12-6-1-2-7-13(12)28(26,27)22-16/h1-3,5-8,10H,4,9,19H2,(H,21,22). The lowest BCUT2D eigenvalue weighted by Gasteiger charge is -2.20. The molecule has 1 aliphatic rings. The number of para-hydroxylation sites is 1. The zero-order valence-corrected chi connectivity index (χ0v) is 15.3. The minimum Gasteiger partial charge on any atom is -0.397 e. The number of aryl methyl sites for hydroxylation is 1. The number of nitrogens with two attached hydrogens (primary N) is 1. The van der Waals surface area contributed by atoms with Crippen LogP contribution in [0.3, 0.4) is 0 Å². The second kappa shape index (κ2) is 6.57. The lowest BCUT2D eigenvalue weighted by atomic mass is 10.1. The molecule has 3 aromatic rings. The number of nitrogens with one attached hydrogen (secondary N) is 1. The fourth-order valence-corrected chi connectivity index (χ4v) is 4.27. The molecule has 0 spiro atoms. The monoisotopic (exact) mass is 397 g/mol. The van der Waals surface area contributed by atoms with Crippen molar-refractivity contribution in [1.29, 1.82) is 0 Å². The third kappa shape index (κ3) is 2.74. The zero-order valence-electron chi connectivity index (χ0n) is 14.5. The summed E-state index contributed by atoms with van der Waals surface area (Å²) in [6, 6.07) is 9.57. The molecule has 28 heavy (non-hydrogen) atoms. The molecule has 0 radical (unpaired) electrons. The molecule has 142 valence electrons. The van der Waals surface area contributed by atoms with E-state index in [2.05, 4.69) is 14.7 Å². The molecule has 2 aromatic heterocycles. The van der Waals surface area contributed by atoms with Gasteiger partial charge in [-0.1, -0.05) is 12.1 Å². The number of aromatic nitrogens is 2. The van der Waals surface area contributed by atoms with Crippen LogP contribution in [-0.2, 0) is 21.4 Å². The Balaban J connectivity index is 2.01. The number of nitrogen functional groups attached to an aromatic ring is 1. The molecule has 3 heterocycles. The Morgan fingerprint density at radius 1 is 1.18 bits per heavy atom. The van der Waals surface area contributed by atoms with Crippen LogP contribution in [-0.4, -0.2) is 30.1 Å². The summed E-state index contributed by atoms with van der Waals surface area (Å²) in [5, 5.41) is 3.35. The number of nitrogens with zero attached hydrogens (tertiary/aromatic N) is 3. The van der Waals surface area contributed by atoms with Gasteiger partial charge in [0.05, 0.1) is 11.4 Å². The minimum absolute atomic E-state index is 0.0149. The number of anilines is 2. The fraction of sp³-hybridized carbons (Fsp3) is 0.111. The highest BCUT2D eigenvalue weighted by molar-refractivity contribution is 7.90. The highest BCUT2D eigenvalue weighted by atomic mass is 32.2. The lowest BCUT2D eigenvalue weighted by molar-refractivity contribution is -0.108. The summed E-state index contributed by atoms with van der Waals surface area (Å²) < 4.78 is 30.2. The van der Waals surface area contributed by atoms with Crippen LogP contribution in [0.1, 0.15) is 12.0 Å². The molecule has 0 saturated carbocycles. The van der Waals surface area contributed by atoms with E-state index in [0.29, 0.717) is 23.0 Å². The number of hydrogen-bond acceptors (Lipinski definition) is 7. The van der Waals surface area contributed by atoms with Gasteiger partial charge < -0.3 is 15.8 Å². The van der Waals surface area contributed by atoms with Gasteiger partial charge in [-0.3, -0.25) is 9.36 Å². The zero-order chi connectivity index (χ0) is 19.9. The number of aldehydes is 1. The van der Waals surface area contributed by atoms with Crippen molar-refractivity contribution in [1.82, 2.24) is 9.55 Å². The quantitative estimate of drug-likeness (QED) is 0.630. The van der Waals surface area contributed by atoms with Crippen molar-refractivity contribution in [3.05, 3.63) is 58.5 Å². The van der Waals surface area contributed by atoms with E-state index in [0.717, 1.165) is 0 Å². The van der Waals surface area contributed by atoms with Crippen molar-refractivity contribution >= 4 is 44.6 Å². The second-order valence-electron chi connectivity index (χ2n) is 6.11. The molecule has 3 N–H and O–H groups in total. The van der Waals surface area contributed by atoms with Gasteiger partial charge in [-0.2, -0.15) is 8.42 Å². The molecule has 0 saturated heterocycles. The maximum absolute atomic E-state index is 13.1. The van der Waals surface area contributed by atoms with Gasteiger partial charge in [-0.25, -0.2) is 4.98 Å². The van der Waals surface area contributed by atoms with Crippen LogP contribution < -0.4 is 16.6 Å². The van der Waals surface area contributed by atoms with E-state index in [-0.39, 0.29) is 34.9 Å². The Bertz CT molecular complexity index is 1310. The van der Waals surface area contributed by atoms with Crippen LogP contribution in [0, 0.1) is 0 Å². The maximum atomic E-state index is 13.1. The summed E-state index contributed by atoms with van der Waals surface area (Å²) in [6.45, 7) is 0.0831. The van der Waals surface area contributed by atoms with Crippen LogP contribution >= 0.6 is 0 Å². The van der Waals surface area contributed by atoms with Crippen molar-refractivity contribution in [2.75, 3.05) is 11.1 Å². The number of rotatable bonds is 4. The third-order valence-corrected chi connectivity index (χ3v) is 5.73. The van der Waals surface area contributed by atoms with Gasteiger partial charge in [0.2, 0.25) is 0 Å². The normalized spacial score (nSPS) is 14.8. The van der Waals surface area contributed by atoms with Gasteiger partial charge in [0.15, 0.2) is 5.84 Å². The lowest BCUT2D eigenvalue weighted by Crippen LogP contribution is -2.34. The Morgan fingerprint density at radius 3 is 2.75 bits per heavy atom. The predicted molar refractivity (Wildman–Crippen MR) is 105 cm³/mol. The van der Waals surface area contributed by atoms with E-state index in [9.17, 15) is 18.0 Å². The molecule has 0 aliphatic carbocycles. The molecule has 4 rings (SSSR count).